The van der Waals surface area contributed by atoms with Crippen molar-refractivity contribution in [2.45, 2.75) is 57.6 Å². The highest BCUT2D eigenvalue weighted by molar-refractivity contribution is 5.90. The highest BCUT2D eigenvalue weighted by Gasteiger charge is 2.51. The van der Waals surface area contributed by atoms with E-state index in [0.717, 1.165) is 17.7 Å². The molecule has 8 heteroatoms. The molecule has 2 heterocycles. The third-order valence-electron chi connectivity index (χ3n) is 3.50. The molecule has 3 unspecified atom stereocenters. The number of carbonyl (C=O) groups is 2. The third kappa shape index (κ3) is 3.28. The van der Waals surface area contributed by atoms with E-state index in [2.05, 4.69) is 0 Å². The molecule has 3 N–H and O–H groups in total. The molecule has 2 saturated heterocycles. The second-order valence-corrected chi connectivity index (χ2v) is 6.32. The third-order valence-corrected chi connectivity index (χ3v) is 3.50. The van der Waals surface area contributed by atoms with Crippen molar-refractivity contribution in [2.75, 3.05) is 13.2 Å². The molecule has 0 radical (unpaired) electrons. The molecule has 0 aromatic heterocycles. The lowest BCUT2D eigenvalue weighted by atomic mass is 10.2. The molecule has 0 aromatic rings. The van der Waals surface area contributed by atoms with Gasteiger partial charge >= 0.3 is 12.2 Å². The first kappa shape index (κ1) is 16.0. The molecule has 2 amide bonds. The van der Waals surface area contributed by atoms with Crippen LogP contribution in [0.1, 0.15) is 33.6 Å². The van der Waals surface area contributed by atoms with Gasteiger partial charge in [0, 0.05) is 6.54 Å². The minimum Gasteiger partial charge on any atom is -0.443 e. The first-order valence-electron chi connectivity index (χ1n) is 7.09. The number of aliphatic hydroxyl groups excluding tert-OH is 1. The Hall–Kier alpha value is -1.38. The second kappa shape index (κ2) is 5.78. The van der Waals surface area contributed by atoms with Gasteiger partial charge in [0.05, 0.1) is 12.8 Å². The van der Waals surface area contributed by atoms with E-state index >= 15 is 0 Å². The quantitative estimate of drug-likeness (QED) is 0.762. The average Bonchev–Trinajstić information content (AvgIpc) is 2.89. The van der Waals surface area contributed by atoms with Crippen LogP contribution in [0.5, 0.6) is 0 Å². The second-order valence-electron chi connectivity index (χ2n) is 6.32. The van der Waals surface area contributed by atoms with Gasteiger partial charge in [0.1, 0.15) is 11.8 Å². The number of cyclic esters (lactones) is 1. The SMILES string of the molecule is CC(C)(C)OC(=O)N1C(=O)OC(CO)C1N1CCCC1N. The molecule has 0 spiro atoms. The van der Waals surface area contributed by atoms with Crippen LogP contribution < -0.4 is 5.73 Å². The summed E-state index contributed by atoms with van der Waals surface area (Å²) in [6.07, 6.45) is -1.77. The molecule has 2 rings (SSSR count). The summed E-state index contributed by atoms with van der Waals surface area (Å²) in [6.45, 7) is 5.41. The summed E-state index contributed by atoms with van der Waals surface area (Å²) in [5.74, 6) is 0. The van der Waals surface area contributed by atoms with Crippen LogP contribution in [0.3, 0.4) is 0 Å². The Labute approximate surface area is 123 Å². The highest BCUT2D eigenvalue weighted by atomic mass is 16.6. The summed E-state index contributed by atoms with van der Waals surface area (Å²) in [7, 11) is 0. The first-order chi connectivity index (χ1) is 9.74. The maximum Gasteiger partial charge on any atom is 0.421 e. The van der Waals surface area contributed by atoms with E-state index in [1.54, 1.807) is 25.7 Å². The molecular formula is C13H23N3O5. The number of hydrogen-bond acceptors (Lipinski definition) is 7. The highest BCUT2D eigenvalue weighted by Crippen LogP contribution is 2.29. The van der Waals surface area contributed by atoms with E-state index in [9.17, 15) is 14.7 Å². The molecule has 0 aromatic carbocycles. The number of amides is 2. The van der Waals surface area contributed by atoms with Crippen molar-refractivity contribution >= 4 is 12.2 Å². The monoisotopic (exact) mass is 301 g/mol. The average molecular weight is 301 g/mol. The van der Waals surface area contributed by atoms with Gasteiger partial charge in [-0.25, -0.2) is 9.59 Å². The number of imide groups is 1. The zero-order valence-electron chi connectivity index (χ0n) is 12.6. The van der Waals surface area contributed by atoms with Crippen molar-refractivity contribution in [3.05, 3.63) is 0 Å². The van der Waals surface area contributed by atoms with Gasteiger partial charge in [-0.15, -0.1) is 0 Å². The van der Waals surface area contributed by atoms with Crippen LogP contribution in [-0.2, 0) is 9.47 Å². The maximum atomic E-state index is 12.3. The van der Waals surface area contributed by atoms with Gasteiger partial charge in [-0.2, -0.15) is 4.90 Å². The van der Waals surface area contributed by atoms with Crippen LogP contribution in [0.25, 0.3) is 0 Å². The maximum absolute atomic E-state index is 12.3. The van der Waals surface area contributed by atoms with Crippen molar-refractivity contribution in [3.8, 4) is 0 Å². The molecule has 21 heavy (non-hydrogen) atoms. The number of nitrogens with zero attached hydrogens (tertiary/aromatic N) is 2. The molecule has 2 fully saturated rings. The van der Waals surface area contributed by atoms with Crippen LogP contribution in [0.4, 0.5) is 9.59 Å². The fourth-order valence-electron chi connectivity index (χ4n) is 2.65. The van der Waals surface area contributed by atoms with E-state index in [4.69, 9.17) is 15.2 Å². The van der Waals surface area contributed by atoms with Crippen LogP contribution in [-0.4, -0.2) is 64.3 Å². The van der Waals surface area contributed by atoms with E-state index in [-0.39, 0.29) is 12.8 Å². The van der Waals surface area contributed by atoms with Gasteiger partial charge in [-0.05, 0) is 33.6 Å². The van der Waals surface area contributed by atoms with E-state index in [1.807, 2.05) is 0 Å². The summed E-state index contributed by atoms with van der Waals surface area (Å²) < 4.78 is 10.3. The molecule has 0 saturated carbocycles. The van der Waals surface area contributed by atoms with E-state index < -0.39 is 30.1 Å². The standard InChI is InChI=1S/C13H23N3O5/c1-13(2,3)21-12(19)16-10(8(7-17)20-11(16)18)15-6-4-5-9(15)14/h8-10,17H,4-7,14H2,1-3H3. The predicted octanol–water partition coefficient (Wildman–Crippen LogP) is 0.441. The summed E-state index contributed by atoms with van der Waals surface area (Å²) in [6, 6.07) is 0. The molecule has 0 bridgehead atoms. The van der Waals surface area contributed by atoms with Crippen molar-refractivity contribution in [3.63, 3.8) is 0 Å². The number of aliphatic hydroxyl groups is 1. The van der Waals surface area contributed by atoms with Crippen LogP contribution in [0.2, 0.25) is 0 Å². The van der Waals surface area contributed by atoms with Crippen molar-refractivity contribution in [2.24, 2.45) is 5.73 Å². The number of carbonyl (C=O) groups excluding carboxylic acids is 2. The number of nitrogens with two attached hydrogens (primary N) is 1. The Balaban J connectivity index is 2.23. The van der Waals surface area contributed by atoms with Gasteiger partial charge in [-0.3, -0.25) is 4.90 Å². The number of rotatable bonds is 2. The molecule has 8 nitrogen and oxygen atoms in total. The molecular weight excluding hydrogens is 278 g/mol. The zero-order chi connectivity index (χ0) is 15.8. The topological polar surface area (TPSA) is 105 Å². The van der Waals surface area contributed by atoms with Crippen molar-refractivity contribution < 1.29 is 24.2 Å². The van der Waals surface area contributed by atoms with Crippen LogP contribution in [0.15, 0.2) is 0 Å². The number of ether oxygens (including phenoxy) is 2. The Bertz CT molecular complexity index is 423. The van der Waals surface area contributed by atoms with Crippen molar-refractivity contribution in [1.29, 1.82) is 0 Å². The predicted molar refractivity (Wildman–Crippen MR) is 73.1 cm³/mol. The summed E-state index contributed by atoms with van der Waals surface area (Å²) in [4.78, 5) is 26.9. The van der Waals surface area contributed by atoms with Gasteiger partial charge in [0.2, 0.25) is 0 Å². The summed E-state index contributed by atoms with van der Waals surface area (Å²) in [5, 5.41) is 9.41. The first-order valence-corrected chi connectivity index (χ1v) is 7.09. The minimum atomic E-state index is -0.813. The van der Waals surface area contributed by atoms with Gasteiger partial charge in [-0.1, -0.05) is 0 Å². The van der Waals surface area contributed by atoms with Gasteiger partial charge in [0.15, 0.2) is 6.10 Å². The minimum absolute atomic E-state index is 0.275. The smallest absolute Gasteiger partial charge is 0.421 e. The Morgan fingerprint density at radius 2 is 2.19 bits per heavy atom. The zero-order valence-corrected chi connectivity index (χ0v) is 12.6. The lowest BCUT2D eigenvalue weighted by Crippen LogP contribution is -2.57. The molecule has 3 atom stereocenters. The fourth-order valence-corrected chi connectivity index (χ4v) is 2.65. The number of likely N-dealkylation sites (tertiary alicyclic amines) is 1. The summed E-state index contributed by atoms with van der Waals surface area (Å²) >= 11 is 0. The summed E-state index contributed by atoms with van der Waals surface area (Å²) in [5.41, 5.74) is 5.28. The Kier molecular flexibility index (Phi) is 4.40. The van der Waals surface area contributed by atoms with Crippen LogP contribution >= 0.6 is 0 Å². The lowest BCUT2D eigenvalue weighted by molar-refractivity contribution is -0.00769. The van der Waals surface area contributed by atoms with Gasteiger partial charge < -0.3 is 20.3 Å². The number of hydrogen-bond donors (Lipinski definition) is 2. The van der Waals surface area contributed by atoms with E-state index in [1.165, 1.54) is 0 Å². The molecule has 2 aliphatic heterocycles. The Morgan fingerprint density at radius 3 is 2.67 bits per heavy atom. The largest absolute Gasteiger partial charge is 0.443 e. The molecule has 120 valence electrons. The fraction of sp³-hybridized carbons (Fsp3) is 0.846. The lowest BCUT2D eigenvalue weighted by Gasteiger charge is -2.34. The van der Waals surface area contributed by atoms with Gasteiger partial charge in [0.25, 0.3) is 0 Å². The van der Waals surface area contributed by atoms with E-state index in [0.29, 0.717) is 6.54 Å². The molecule has 0 aliphatic carbocycles. The van der Waals surface area contributed by atoms with Crippen LogP contribution in [0, 0.1) is 0 Å². The van der Waals surface area contributed by atoms with Crippen molar-refractivity contribution in [1.82, 2.24) is 9.80 Å². The normalized spacial score (nSPS) is 30.6. The molecule has 2 aliphatic rings. The Morgan fingerprint density at radius 1 is 1.52 bits per heavy atom.